The van der Waals surface area contributed by atoms with Gasteiger partial charge in [-0.15, -0.1) is 0 Å². The summed E-state index contributed by atoms with van der Waals surface area (Å²) in [7, 11) is 0. The third-order valence-corrected chi connectivity index (χ3v) is 2.11. The third kappa shape index (κ3) is 7.90. The summed E-state index contributed by atoms with van der Waals surface area (Å²) in [6, 6.07) is 0. The van der Waals surface area contributed by atoms with Crippen LogP contribution in [0, 0.1) is 17.8 Å². The molecule has 0 aromatic carbocycles. The molecule has 0 nitrogen and oxygen atoms in total. The van der Waals surface area contributed by atoms with Crippen LogP contribution in [0.1, 0.15) is 53.9 Å². The van der Waals surface area contributed by atoms with Crippen molar-refractivity contribution < 1.29 is 0 Å². The van der Waals surface area contributed by atoms with Crippen molar-refractivity contribution in [2.75, 3.05) is 0 Å². The lowest BCUT2D eigenvalue weighted by Crippen LogP contribution is -2.01. The smallest absolute Gasteiger partial charge is 0.0440 e. The molecule has 0 saturated heterocycles. The van der Waals surface area contributed by atoms with E-state index in [0.717, 1.165) is 17.8 Å². The topological polar surface area (TPSA) is 0 Å². The molecule has 0 aliphatic rings. The van der Waals surface area contributed by atoms with Gasteiger partial charge in [-0.05, 0) is 24.2 Å². The van der Waals surface area contributed by atoms with E-state index >= 15 is 0 Å². The van der Waals surface area contributed by atoms with Gasteiger partial charge in [0.1, 0.15) is 0 Å². The average Bonchev–Trinajstić information content (AvgIpc) is 1.82. The second-order valence-corrected chi connectivity index (χ2v) is 4.71. The summed E-state index contributed by atoms with van der Waals surface area (Å²) in [4.78, 5) is 0. The minimum atomic E-state index is 0.872. The molecule has 0 aromatic heterocycles. The highest BCUT2D eigenvalue weighted by molar-refractivity contribution is 4.57. The lowest BCUT2D eigenvalue weighted by Gasteiger charge is -2.14. The van der Waals surface area contributed by atoms with Crippen molar-refractivity contribution in [3.63, 3.8) is 0 Å². The molecule has 0 heteroatoms. The molecule has 0 fully saturated rings. The summed E-state index contributed by atoms with van der Waals surface area (Å²) in [5, 5.41) is 0. The van der Waals surface area contributed by atoms with Crippen LogP contribution in [0.5, 0.6) is 0 Å². The Bertz CT molecular complexity index is 82.0. The van der Waals surface area contributed by atoms with Crippen molar-refractivity contribution in [2.24, 2.45) is 17.8 Å². The summed E-state index contributed by atoms with van der Waals surface area (Å²) in [5.74, 6) is 2.68. The molecular formula is C11H24. The fraction of sp³-hybridized carbons (Fsp3) is 1.00. The Hall–Kier alpha value is 0. The van der Waals surface area contributed by atoms with Gasteiger partial charge in [-0.25, -0.2) is 0 Å². The van der Waals surface area contributed by atoms with E-state index in [4.69, 9.17) is 0 Å². The molecular weight excluding hydrogens is 132 g/mol. The quantitative estimate of drug-likeness (QED) is 0.562. The Balaban J connectivity index is 3.29. The fourth-order valence-electron chi connectivity index (χ4n) is 1.54. The van der Waals surface area contributed by atoms with E-state index in [2.05, 4.69) is 34.6 Å². The zero-order valence-electron chi connectivity index (χ0n) is 8.85. The Kier molecular flexibility index (Phi) is 5.62. The SMILES string of the molecule is CC(C)CC[C@@H](C)CC(C)C. The van der Waals surface area contributed by atoms with Gasteiger partial charge in [-0.1, -0.05) is 47.5 Å². The lowest BCUT2D eigenvalue weighted by atomic mass is 9.92. The van der Waals surface area contributed by atoms with Crippen LogP contribution in [0.2, 0.25) is 0 Å². The van der Waals surface area contributed by atoms with E-state index < -0.39 is 0 Å². The molecule has 68 valence electrons. The van der Waals surface area contributed by atoms with E-state index in [1.807, 2.05) is 0 Å². The van der Waals surface area contributed by atoms with Crippen molar-refractivity contribution in [1.29, 1.82) is 0 Å². The van der Waals surface area contributed by atoms with Crippen LogP contribution in [0.25, 0.3) is 0 Å². The predicted molar refractivity (Wildman–Crippen MR) is 52.7 cm³/mol. The van der Waals surface area contributed by atoms with Crippen molar-refractivity contribution in [3.8, 4) is 0 Å². The first kappa shape index (κ1) is 11.0. The van der Waals surface area contributed by atoms with Crippen LogP contribution in [0.15, 0.2) is 0 Å². The van der Waals surface area contributed by atoms with Gasteiger partial charge in [0.15, 0.2) is 0 Å². The first-order valence-electron chi connectivity index (χ1n) is 5.02. The Morgan fingerprint density at radius 1 is 0.727 bits per heavy atom. The van der Waals surface area contributed by atoms with E-state index in [1.54, 1.807) is 0 Å². The minimum Gasteiger partial charge on any atom is -0.0628 e. The van der Waals surface area contributed by atoms with Crippen LogP contribution in [0.4, 0.5) is 0 Å². The zero-order valence-corrected chi connectivity index (χ0v) is 8.85. The minimum absolute atomic E-state index is 0.872. The zero-order chi connectivity index (χ0) is 8.85. The fourth-order valence-corrected chi connectivity index (χ4v) is 1.54. The van der Waals surface area contributed by atoms with Crippen molar-refractivity contribution >= 4 is 0 Å². The van der Waals surface area contributed by atoms with Gasteiger partial charge in [0.05, 0.1) is 0 Å². The van der Waals surface area contributed by atoms with Gasteiger partial charge in [-0.2, -0.15) is 0 Å². The first-order chi connectivity index (χ1) is 5.02. The molecule has 0 N–H and O–H groups in total. The summed E-state index contributed by atoms with van der Waals surface area (Å²) >= 11 is 0. The largest absolute Gasteiger partial charge is 0.0628 e. The van der Waals surface area contributed by atoms with Gasteiger partial charge in [-0.3, -0.25) is 0 Å². The highest BCUT2D eigenvalue weighted by Crippen LogP contribution is 2.18. The molecule has 0 rings (SSSR count). The molecule has 0 aromatic rings. The van der Waals surface area contributed by atoms with Crippen LogP contribution >= 0.6 is 0 Å². The van der Waals surface area contributed by atoms with Gasteiger partial charge in [0, 0.05) is 0 Å². The van der Waals surface area contributed by atoms with Crippen molar-refractivity contribution in [2.45, 2.75) is 53.9 Å². The molecule has 0 spiro atoms. The maximum absolute atomic E-state index is 2.38. The molecule has 0 heterocycles. The molecule has 0 aliphatic carbocycles. The van der Waals surface area contributed by atoms with E-state index in [9.17, 15) is 0 Å². The monoisotopic (exact) mass is 156 g/mol. The normalized spacial score (nSPS) is 14.5. The first-order valence-corrected chi connectivity index (χ1v) is 5.02. The van der Waals surface area contributed by atoms with Crippen LogP contribution in [-0.4, -0.2) is 0 Å². The van der Waals surface area contributed by atoms with Crippen LogP contribution < -0.4 is 0 Å². The summed E-state index contributed by atoms with van der Waals surface area (Å²) in [6.07, 6.45) is 4.20. The average molecular weight is 156 g/mol. The maximum Gasteiger partial charge on any atom is -0.0440 e. The second-order valence-electron chi connectivity index (χ2n) is 4.71. The molecule has 0 radical (unpaired) electrons. The molecule has 1 atom stereocenters. The second kappa shape index (κ2) is 5.62. The van der Waals surface area contributed by atoms with Gasteiger partial charge in [0.25, 0.3) is 0 Å². The van der Waals surface area contributed by atoms with Gasteiger partial charge >= 0.3 is 0 Å². The summed E-state index contributed by atoms with van der Waals surface area (Å²) in [6.45, 7) is 11.6. The third-order valence-electron chi connectivity index (χ3n) is 2.11. The predicted octanol–water partition coefficient (Wildman–Crippen LogP) is 4.10. The van der Waals surface area contributed by atoms with Crippen molar-refractivity contribution in [1.82, 2.24) is 0 Å². The standard InChI is InChI=1S/C11H24/c1-9(2)6-7-11(5)8-10(3)4/h9-11H,6-8H2,1-5H3/t11-/m1/s1. The number of rotatable bonds is 5. The molecule has 0 saturated carbocycles. The lowest BCUT2D eigenvalue weighted by molar-refractivity contribution is 0.381. The molecule has 11 heavy (non-hydrogen) atoms. The molecule has 0 aliphatic heterocycles. The van der Waals surface area contributed by atoms with Crippen LogP contribution in [-0.2, 0) is 0 Å². The number of hydrogen-bond donors (Lipinski definition) is 0. The molecule has 0 amide bonds. The Morgan fingerprint density at radius 3 is 1.64 bits per heavy atom. The van der Waals surface area contributed by atoms with Gasteiger partial charge < -0.3 is 0 Å². The van der Waals surface area contributed by atoms with Crippen molar-refractivity contribution in [3.05, 3.63) is 0 Å². The highest BCUT2D eigenvalue weighted by atomic mass is 14.1. The molecule has 0 unspecified atom stereocenters. The van der Waals surface area contributed by atoms with E-state index in [1.165, 1.54) is 19.3 Å². The summed E-state index contributed by atoms with van der Waals surface area (Å²) in [5.41, 5.74) is 0. The Morgan fingerprint density at radius 2 is 1.27 bits per heavy atom. The van der Waals surface area contributed by atoms with Crippen LogP contribution in [0.3, 0.4) is 0 Å². The Labute approximate surface area is 72.4 Å². The number of hydrogen-bond acceptors (Lipinski definition) is 0. The van der Waals surface area contributed by atoms with Gasteiger partial charge in [0.2, 0.25) is 0 Å². The highest BCUT2D eigenvalue weighted by Gasteiger charge is 2.05. The van der Waals surface area contributed by atoms with E-state index in [-0.39, 0.29) is 0 Å². The maximum atomic E-state index is 2.38. The van der Waals surface area contributed by atoms with E-state index in [0.29, 0.717) is 0 Å². The molecule has 0 bridgehead atoms. The summed E-state index contributed by atoms with van der Waals surface area (Å²) < 4.78 is 0.